The SMILES string of the molecule is CC(C)(C)Nc1nc2nc(C(=O)COc3ccccc3)[nH]c2c(=O)[nH]1. The molecule has 2 aromatic heterocycles. The number of anilines is 1. The van der Waals surface area contributed by atoms with Gasteiger partial charge < -0.3 is 15.0 Å². The number of para-hydroxylation sites is 1. The van der Waals surface area contributed by atoms with E-state index in [2.05, 4.69) is 25.3 Å². The summed E-state index contributed by atoms with van der Waals surface area (Å²) in [5.74, 6) is 0.555. The maximum Gasteiger partial charge on any atom is 0.278 e. The third kappa shape index (κ3) is 4.03. The molecule has 8 heteroatoms. The number of carbonyl (C=O) groups is 1. The Morgan fingerprint density at radius 3 is 2.56 bits per heavy atom. The van der Waals surface area contributed by atoms with Crippen LogP contribution in [0.1, 0.15) is 31.4 Å². The second kappa shape index (κ2) is 6.39. The molecule has 0 spiro atoms. The van der Waals surface area contributed by atoms with Crippen LogP contribution in [-0.4, -0.2) is 37.9 Å². The number of hydrogen-bond donors (Lipinski definition) is 3. The van der Waals surface area contributed by atoms with E-state index in [0.717, 1.165) is 0 Å². The number of fused-ring (bicyclic) bond motifs is 1. The number of aromatic amines is 2. The van der Waals surface area contributed by atoms with Gasteiger partial charge in [-0.15, -0.1) is 0 Å². The molecule has 0 radical (unpaired) electrons. The van der Waals surface area contributed by atoms with Crippen LogP contribution in [0.5, 0.6) is 5.75 Å². The first-order chi connectivity index (χ1) is 11.8. The van der Waals surface area contributed by atoms with Crippen LogP contribution in [0.15, 0.2) is 35.1 Å². The second-order valence-electron chi connectivity index (χ2n) is 6.60. The molecule has 0 aliphatic carbocycles. The monoisotopic (exact) mass is 341 g/mol. The van der Waals surface area contributed by atoms with E-state index in [1.54, 1.807) is 12.1 Å². The lowest BCUT2D eigenvalue weighted by atomic mass is 10.1. The predicted molar refractivity (Wildman–Crippen MR) is 94.2 cm³/mol. The van der Waals surface area contributed by atoms with Crippen molar-refractivity contribution in [2.75, 3.05) is 11.9 Å². The van der Waals surface area contributed by atoms with E-state index in [-0.39, 0.29) is 34.9 Å². The van der Waals surface area contributed by atoms with Gasteiger partial charge in [-0.2, -0.15) is 4.98 Å². The molecule has 2 heterocycles. The van der Waals surface area contributed by atoms with E-state index in [1.807, 2.05) is 39.0 Å². The van der Waals surface area contributed by atoms with Crippen LogP contribution in [0.25, 0.3) is 11.2 Å². The lowest BCUT2D eigenvalue weighted by Crippen LogP contribution is -2.28. The molecule has 0 fully saturated rings. The standard InChI is InChI=1S/C17H19N5O3/c1-17(2,3)22-16-20-14-12(15(24)21-16)18-13(19-14)11(23)9-25-10-7-5-4-6-8-10/h4-8H,9H2,1-3H3,(H3,18,19,20,21,22,24). The highest BCUT2D eigenvalue weighted by Crippen LogP contribution is 2.12. The van der Waals surface area contributed by atoms with Crippen molar-refractivity contribution in [3.8, 4) is 5.75 Å². The summed E-state index contributed by atoms with van der Waals surface area (Å²) in [6.45, 7) is 5.64. The van der Waals surface area contributed by atoms with Crippen molar-refractivity contribution in [2.45, 2.75) is 26.3 Å². The van der Waals surface area contributed by atoms with E-state index in [1.165, 1.54) is 0 Å². The number of benzene rings is 1. The Morgan fingerprint density at radius 2 is 1.88 bits per heavy atom. The Bertz CT molecular complexity index is 954. The smallest absolute Gasteiger partial charge is 0.278 e. The van der Waals surface area contributed by atoms with Crippen LogP contribution in [0.2, 0.25) is 0 Å². The highest BCUT2D eigenvalue weighted by atomic mass is 16.5. The topological polar surface area (TPSA) is 113 Å². The molecule has 8 nitrogen and oxygen atoms in total. The fourth-order valence-corrected chi connectivity index (χ4v) is 2.19. The Kier molecular flexibility index (Phi) is 4.26. The fraction of sp³-hybridized carbons (Fsp3) is 0.294. The molecule has 3 rings (SSSR count). The number of hydrogen-bond acceptors (Lipinski definition) is 6. The zero-order valence-electron chi connectivity index (χ0n) is 14.2. The summed E-state index contributed by atoms with van der Waals surface area (Å²) in [5.41, 5.74) is -0.337. The first kappa shape index (κ1) is 16.7. The van der Waals surface area contributed by atoms with E-state index in [4.69, 9.17) is 4.74 Å². The summed E-state index contributed by atoms with van der Waals surface area (Å²) in [6.07, 6.45) is 0. The van der Waals surface area contributed by atoms with Gasteiger partial charge in [-0.05, 0) is 32.9 Å². The molecule has 0 saturated heterocycles. The van der Waals surface area contributed by atoms with Gasteiger partial charge in [-0.3, -0.25) is 14.6 Å². The molecule has 1 aromatic carbocycles. The zero-order chi connectivity index (χ0) is 18.0. The van der Waals surface area contributed by atoms with Crippen molar-refractivity contribution in [3.05, 3.63) is 46.5 Å². The maximum absolute atomic E-state index is 12.2. The minimum Gasteiger partial charge on any atom is -0.485 e. The molecule has 130 valence electrons. The molecule has 0 bridgehead atoms. The predicted octanol–water partition coefficient (Wildman–Crippen LogP) is 2.12. The van der Waals surface area contributed by atoms with Crippen LogP contribution >= 0.6 is 0 Å². The molecule has 0 aliphatic heterocycles. The van der Waals surface area contributed by atoms with Crippen molar-refractivity contribution in [3.63, 3.8) is 0 Å². The molecule has 0 amide bonds. The molecule has 0 saturated carbocycles. The van der Waals surface area contributed by atoms with Gasteiger partial charge in [-0.1, -0.05) is 18.2 Å². The van der Waals surface area contributed by atoms with Gasteiger partial charge in [0.15, 0.2) is 23.6 Å². The molecular weight excluding hydrogens is 322 g/mol. The highest BCUT2D eigenvalue weighted by molar-refractivity contribution is 5.96. The maximum atomic E-state index is 12.2. The largest absolute Gasteiger partial charge is 0.485 e. The van der Waals surface area contributed by atoms with Gasteiger partial charge in [0, 0.05) is 5.54 Å². The number of H-pyrrole nitrogens is 2. The van der Waals surface area contributed by atoms with Crippen LogP contribution < -0.4 is 15.6 Å². The van der Waals surface area contributed by atoms with Crippen LogP contribution in [0, 0.1) is 0 Å². The lowest BCUT2D eigenvalue weighted by Gasteiger charge is -2.20. The number of imidazole rings is 1. The molecule has 0 unspecified atom stereocenters. The first-order valence-corrected chi connectivity index (χ1v) is 7.81. The number of rotatable bonds is 5. The summed E-state index contributed by atoms with van der Waals surface area (Å²) in [6, 6.07) is 8.99. The summed E-state index contributed by atoms with van der Waals surface area (Å²) in [7, 11) is 0. The lowest BCUT2D eigenvalue weighted by molar-refractivity contribution is 0.0912. The molecular formula is C17H19N5O3. The second-order valence-corrected chi connectivity index (χ2v) is 6.60. The van der Waals surface area contributed by atoms with Gasteiger partial charge in [0.1, 0.15) is 5.75 Å². The van der Waals surface area contributed by atoms with Crippen molar-refractivity contribution in [2.24, 2.45) is 0 Å². The average Bonchev–Trinajstić information content (AvgIpc) is 2.96. The van der Waals surface area contributed by atoms with Crippen molar-refractivity contribution in [1.82, 2.24) is 19.9 Å². The summed E-state index contributed by atoms with van der Waals surface area (Å²) in [4.78, 5) is 38.1. The van der Waals surface area contributed by atoms with Crippen molar-refractivity contribution >= 4 is 22.9 Å². The number of ketones is 1. The van der Waals surface area contributed by atoms with Gasteiger partial charge in [-0.25, -0.2) is 4.98 Å². The summed E-state index contributed by atoms with van der Waals surface area (Å²) < 4.78 is 5.41. The normalized spacial score (nSPS) is 11.5. The molecule has 0 aliphatic rings. The summed E-state index contributed by atoms with van der Waals surface area (Å²) in [5, 5.41) is 3.07. The van der Waals surface area contributed by atoms with Gasteiger partial charge in [0.2, 0.25) is 11.7 Å². The summed E-state index contributed by atoms with van der Waals surface area (Å²) >= 11 is 0. The number of aromatic nitrogens is 4. The number of ether oxygens (including phenoxy) is 1. The number of carbonyl (C=O) groups excluding carboxylic acids is 1. The quantitative estimate of drug-likeness (QED) is 0.613. The minimum atomic E-state index is -0.396. The van der Waals surface area contributed by atoms with Gasteiger partial charge >= 0.3 is 0 Å². The zero-order valence-corrected chi connectivity index (χ0v) is 14.2. The average molecular weight is 341 g/mol. The van der Waals surface area contributed by atoms with Crippen LogP contribution in [-0.2, 0) is 0 Å². The van der Waals surface area contributed by atoms with E-state index < -0.39 is 5.56 Å². The molecule has 0 atom stereocenters. The van der Waals surface area contributed by atoms with Crippen molar-refractivity contribution < 1.29 is 9.53 Å². The Labute approximate surface area is 143 Å². The Hall–Kier alpha value is -3.16. The van der Waals surface area contributed by atoms with E-state index in [0.29, 0.717) is 11.7 Å². The van der Waals surface area contributed by atoms with Crippen LogP contribution in [0.3, 0.4) is 0 Å². The number of nitrogens with one attached hydrogen (secondary N) is 3. The molecule has 25 heavy (non-hydrogen) atoms. The number of nitrogens with zero attached hydrogens (tertiary/aromatic N) is 2. The van der Waals surface area contributed by atoms with Gasteiger partial charge in [0.05, 0.1) is 0 Å². The van der Waals surface area contributed by atoms with E-state index >= 15 is 0 Å². The minimum absolute atomic E-state index is 0.0387. The molecule has 3 aromatic rings. The first-order valence-electron chi connectivity index (χ1n) is 7.81. The fourth-order valence-electron chi connectivity index (χ4n) is 2.19. The van der Waals surface area contributed by atoms with Crippen LogP contribution in [0.4, 0.5) is 5.95 Å². The highest BCUT2D eigenvalue weighted by Gasteiger charge is 2.17. The van der Waals surface area contributed by atoms with Gasteiger partial charge in [0.25, 0.3) is 5.56 Å². The third-order valence-corrected chi connectivity index (χ3v) is 3.23. The molecule has 3 N–H and O–H groups in total. The van der Waals surface area contributed by atoms with Crippen molar-refractivity contribution in [1.29, 1.82) is 0 Å². The third-order valence-electron chi connectivity index (χ3n) is 3.23. The number of Topliss-reactive ketones (excluding diaryl/α,β-unsaturated/α-hetero) is 1. The van der Waals surface area contributed by atoms with E-state index in [9.17, 15) is 9.59 Å². The Morgan fingerprint density at radius 1 is 1.16 bits per heavy atom. The Balaban J connectivity index is 1.81.